The Balaban J connectivity index is 0.00000264. The zero-order valence-corrected chi connectivity index (χ0v) is 16.3. The lowest BCUT2D eigenvalue weighted by atomic mass is 10.2. The predicted octanol–water partition coefficient (Wildman–Crippen LogP) is 5.99. The van der Waals surface area contributed by atoms with E-state index in [0.717, 1.165) is 39.5 Å². The lowest BCUT2D eigenvalue weighted by molar-refractivity contribution is 0.302. The van der Waals surface area contributed by atoms with Crippen molar-refractivity contribution in [2.45, 2.75) is 32.9 Å². The van der Waals surface area contributed by atoms with Gasteiger partial charge in [-0.3, -0.25) is 0 Å². The molecule has 0 spiro atoms. The minimum Gasteiger partial charge on any atom is -0.489 e. The van der Waals surface area contributed by atoms with Gasteiger partial charge in [0, 0.05) is 27.2 Å². The lowest BCUT2D eigenvalue weighted by Gasteiger charge is -2.13. The Morgan fingerprint density at radius 2 is 1.91 bits per heavy atom. The molecule has 2 rings (SSSR count). The molecule has 0 heterocycles. The molecular weight excluding hydrogens is 397 g/mol. The van der Waals surface area contributed by atoms with E-state index >= 15 is 0 Å². The van der Waals surface area contributed by atoms with Gasteiger partial charge in [-0.1, -0.05) is 59.1 Å². The van der Waals surface area contributed by atoms with E-state index < -0.39 is 0 Å². The molecule has 0 aliphatic rings. The Labute approximate surface area is 158 Å². The summed E-state index contributed by atoms with van der Waals surface area (Å²) in [6, 6.07) is 13.9. The fraction of sp³-hybridized carbons (Fsp3) is 0.333. The van der Waals surface area contributed by atoms with Gasteiger partial charge in [0.1, 0.15) is 12.4 Å². The minimum atomic E-state index is 0. The Kier molecular flexibility index (Phi) is 9.65. The van der Waals surface area contributed by atoms with Gasteiger partial charge in [0.25, 0.3) is 0 Å². The van der Waals surface area contributed by atoms with Crippen LogP contribution >= 0.6 is 39.9 Å². The molecule has 0 radical (unpaired) electrons. The maximum absolute atomic E-state index is 6.17. The molecule has 2 nitrogen and oxygen atoms in total. The second-order valence-corrected chi connectivity index (χ2v) is 6.49. The molecule has 0 bridgehead atoms. The van der Waals surface area contributed by atoms with Crippen LogP contribution in [-0.4, -0.2) is 6.54 Å². The number of hydrogen-bond donors (Lipinski definition) is 1. The van der Waals surface area contributed by atoms with E-state index in [9.17, 15) is 0 Å². The highest BCUT2D eigenvalue weighted by Gasteiger charge is 2.06. The number of nitrogens with one attached hydrogen (secondary N) is 1. The van der Waals surface area contributed by atoms with Crippen LogP contribution in [0.2, 0.25) is 5.02 Å². The summed E-state index contributed by atoms with van der Waals surface area (Å²) >= 11 is 9.70. The SMILES string of the molecule is CCCCNCc1cc(Br)ccc1OCc1ccccc1Cl.Cl. The van der Waals surface area contributed by atoms with Crippen LogP contribution in [0.3, 0.4) is 0 Å². The lowest BCUT2D eigenvalue weighted by Crippen LogP contribution is -2.15. The molecule has 126 valence electrons. The molecule has 0 unspecified atom stereocenters. The van der Waals surface area contributed by atoms with E-state index in [1.54, 1.807) is 0 Å². The summed E-state index contributed by atoms with van der Waals surface area (Å²) in [7, 11) is 0. The largest absolute Gasteiger partial charge is 0.489 e. The number of halogens is 3. The van der Waals surface area contributed by atoms with Crippen LogP contribution in [0.25, 0.3) is 0 Å². The number of hydrogen-bond acceptors (Lipinski definition) is 2. The highest BCUT2D eigenvalue weighted by atomic mass is 79.9. The van der Waals surface area contributed by atoms with Crippen molar-refractivity contribution in [3.63, 3.8) is 0 Å². The standard InChI is InChI=1S/C18H21BrClNO.ClH/c1-2-3-10-21-12-15-11-16(19)8-9-18(15)22-13-14-6-4-5-7-17(14)20;/h4-9,11,21H,2-3,10,12-13H2,1H3;1H. The van der Waals surface area contributed by atoms with Crippen LogP contribution < -0.4 is 10.1 Å². The van der Waals surface area contributed by atoms with Gasteiger partial charge in [-0.25, -0.2) is 0 Å². The van der Waals surface area contributed by atoms with E-state index in [2.05, 4.69) is 34.2 Å². The van der Waals surface area contributed by atoms with E-state index in [4.69, 9.17) is 16.3 Å². The predicted molar refractivity (Wildman–Crippen MR) is 104 cm³/mol. The summed E-state index contributed by atoms with van der Waals surface area (Å²) in [5, 5.41) is 4.19. The summed E-state index contributed by atoms with van der Waals surface area (Å²) in [4.78, 5) is 0. The first kappa shape index (κ1) is 20.3. The first-order valence-electron chi connectivity index (χ1n) is 7.56. The number of ether oxygens (including phenoxy) is 1. The van der Waals surface area contributed by atoms with Crippen molar-refractivity contribution < 1.29 is 4.74 Å². The molecule has 0 fully saturated rings. The summed E-state index contributed by atoms with van der Waals surface area (Å²) in [5.41, 5.74) is 2.15. The smallest absolute Gasteiger partial charge is 0.124 e. The highest BCUT2D eigenvalue weighted by Crippen LogP contribution is 2.25. The molecule has 0 saturated heterocycles. The normalized spacial score (nSPS) is 10.2. The molecule has 0 aliphatic heterocycles. The monoisotopic (exact) mass is 417 g/mol. The van der Waals surface area contributed by atoms with E-state index in [-0.39, 0.29) is 12.4 Å². The number of benzene rings is 2. The molecule has 2 aromatic rings. The molecule has 0 atom stereocenters. The second kappa shape index (κ2) is 10.9. The molecule has 1 N–H and O–H groups in total. The second-order valence-electron chi connectivity index (χ2n) is 5.16. The molecule has 0 amide bonds. The van der Waals surface area contributed by atoms with Crippen LogP contribution in [0, 0.1) is 0 Å². The summed E-state index contributed by atoms with van der Waals surface area (Å²) in [5.74, 6) is 0.895. The molecule has 0 aromatic heterocycles. The van der Waals surface area contributed by atoms with Gasteiger partial charge in [0.2, 0.25) is 0 Å². The van der Waals surface area contributed by atoms with Crippen LogP contribution in [0.5, 0.6) is 5.75 Å². The molecule has 0 saturated carbocycles. The van der Waals surface area contributed by atoms with Crippen molar-refractivity contribution in [1.29, 1.82) is 0 Å². The zero-order chi connectivity index (χ0) is 15.8. The topological polar surface area (TPSA) is 21.3 Å². The Morgan fingerprint density at radius 3 is 2.65 bits per heavy atom. The molecule has 23 heavy (non-hydrogen) atoms. The van der Waals surface area contributed by atoms with Crippen molar-refractivity contribution >= 4 is 39.9 Å². The summed E-state index contributed by atoms with van der Waals surface area (Å²) in [6.45, 7) is 4.49. The summed E-state index contributed by atoms with van der Waals surface area (Å²) in [6.07, 6.45) is 2.38. The quantitative estimate of drug-likeness (QED) is 0.531. The molecule has 2 aromatic carbocycles. The fourth-order valence-corrected chi connectivity index (χ4v) is 2.72. The van der Waals surface area contributed by atoms with Gasteiger partial charge in [-0.05, 0) is 37.2 Å². The van der Waals surface area contributed by atoms with Crippen molar-refractivity contribution in [3.8, 4) is 5.75 Å². The third kappa shape index (κ3) is 6.72. The highest BCUT2D eigenvalue weighted by molar-refractivity contribution is 9.10. The Bertz CT molecular complexity index is 607. The van der Waals surface area contributed by atoms with Crippen molar-refractivity contribution in [2.24, 2.45) is 0 Å². The first-order chi connectivity index (χ1) is 10.7. The van der Waals surface area contributed by atoms with Gasteiger partial charge in [-0.15, -0.1) is 12.4 Å². The number of unbranched alkanes of at least 4 members (excludes halogenated alkanes) is 1. The third-order valence-corrected chi connectivity index (χ3v) is 4.25. The third-order valence-electron chi connectivity index (χ3n) is 3.39. The number of rotatable bonds is 8. The van der Waals surface area contributed by atoms with E-state index in [1.165, 1.54) is 12.8 Å². The van der Waals surface area contributed by atoms with Gasteiger partial charge in [0.15, 0.2) is 0 Å². The van der Waals surface area contributed by atoms with Crippen molar-refractivity contribution in [3.05, 3.63) is 63.1 Å². The summed E-state index contributed by atoms with van der Waals surface area (Å²) < 4.78 is 7.03. The van der Waals surface area contributed by atoms with Gasteiger partial charge >= 0.3 is 0 Å². The average molecular weight is 419 g/mol. The Morgan fingerprint density at radius 1 is 1.13 bits per heavy atom. The average Bonchev–Trinajstić information content (AvgIpc) is 2.52. The molecule has 5 heteroatoms. The Hall–Kier alpha value is -0.740. The van der Waals surface area contributed by atoms with Crippen LogP contribution in [-0.2, 0) is 13.2 Å². The van der Waals surface area contributed by atoms with Crippen LogP contribution in [0.15, 0.2) is 46.9 Å². The molecular formula is C18H22BrCl2NO. The van der Waals surface area contributed by atoms with Crippen molar-refractivity contribution in [1.82, 2.24) is 5.32 Å². The van der Waals surface area contributed by atoms with Gasteiger partial charge in [-0.2, -0.15) is 0 Å². The first-order valence-corrected chi connectivity index (χ1v) is 8.73. The van der Waals surface area contributed by atoms with Gasteiger partial charge < -0.3 is 10.1 Å². The minimum absolute atomic E-state index is 0. The van der Waals surface area contributed by atoms with Gasteiger partial charge in [0.05, 0.1) is 0 Å². The van der Waals surface area contributed by atoms with E-state index in [1.807, 2.05) is 36.4 Å². The van der Waals surface area contributed by atoms with Crippen molar-refractivity contribution in [2.75, 3.05) is 6.54 Å². The maximum Gasteiger partial charge on any atom is 0.124 e. The fourth-order valence-electron chi connectivity index (χ4n) is 2.12. The van der Waals surface area contributed by atoms with Crippen LogP contribution in [0.1, 0.15) is 30.9 Å². The van der Waals surface area contributed by atoms with E-state index in [0.29, 0.717) is 6.61 Å². The van der Waals surface area contributed by atoms with Crippen LogP contribution in [0.4, 0.5) is 0 Å². The maximum atomic E-state index is 6.17. The zero-order valence-electron chi connectivity index (χ0n) is 13.1. The molecule has 0 aliphatic carbocycles.